The third-order valence-corrected chi connectivity index (χ3v) is 5.30. The number of nitrogens with zero attached hydrogens (tertiary/aromatic N) is 1. The summed E-state index contributed by atoms with van der Waals surface area (Å²) in [6.45, 7) is 4.37. The van der Waals surface area contributed by atoms with Crippen LogP contribution in [0, 0.1) is 11.8 Å². The fraction of sp³-hybridized carbons (Fsp3) is 0.714. The Morgan fingerprint density at radius 1 is 1.47 bits per heavy atom. The molecule has 1 aromatic rings. The number of thiophene rings is 1. The molecule has 0 bridgehead atoms. The Morgan fingerprint density at radius 3 is 2.88 bits per heavy atom. The minimum absolute atomic E-state index is 0.536. The Kier molecular flexibility index (Phi) is 4.60. The second-order valence-electron chi connectivity index (χ2n) is 5.32. The van der Waals surface area contributed by atoms with E-state index in [2.05, 4.69) is 36.4 Å². The summed E-state index contributed by atoms with van der Waals surface area (Å²) in [6.07, 6.45) is 4.07. The number of nitrogens with two attached hydrogens (primary N) is 1. The van der Waals surface area contributed by atoms with Gasteiger partial charge in [0.1, 0.15) is 0 Å². The largest absolute Gasteiger partial charge is 0.330 e. The van der Waals surface area contributed by atoms with Crippen LogP contribution in [-0.2, 0) is 0 Å². The van der Waals surface area contributed by atoms with Crippen LogP contribution in [0.4, 0.5) is 0 Å². The molecule has 1 aliphatic rings. The maximum Gasteiger partial charge on any atom is 0.0410 e. The average Bonchev–Trinajstić information content (AvgIpc) is 2.98. The molecule has 96 valence electrons. The molecule has 1 aromatic heterocycles. The zero-order chi connectivity index (χ0) is 12.3. The molecule has 0 spiro atoms. The van der Waals surface area contributed by atoms with Crippen molar-refractivity contribution < 1.29 is 0 Å². The standard InChI is InChI=1S/C14H24N2S/c1-11(14-7-4-8-17-14)16(2)10-13-6-3-5-12(13)9-15/h4,7-8,11-13H,3,5-6,9-10,15H2,1-2H3. The summed E-state index contributed by atoms with van der Waals surface area (Å²) in [5, 5.41) is 2.16. The van der Waals surface area contributed by atoms with E-state index in [4.69, 9.17) is 5.73 Å². The van der Waals surface area contributed by atoms with Crippen molar-refractivity contribution in [1.82, 2.24) is 4.90 Å². The Balaban J connectivity index is 1.90. The van der Waals surface area contributed by atoms with E-state index in [1.54, 1.807) is 0 Å². The van der Waals surface area contributed by atoms with Crippen LogP contribution in [0.1, 0.15) is 37.1 Å². The summed E-state index contributed by atoms with van der Waals surface area (Å²) in [5.41, 5.74) is 5.85. The van der Waals surface area contributed by atoms with Crippen LogP contribution in [0.5, 0.6) is 0 Å². The minimum Gasteiger partial charge on any atom is -0.330 e. The fourth-order valence-electron chi connectivity index (χ4n) is 2.94. The highest BCUT2D eigenvalue weighted by molar-refractivity contribution is 7.10. The lowest BCUT2D eigenvalue weighted by atomic mass is 9.95. The van der Waals surface area contributed by atoms with E-state index in [-0.39, 0.29) is 0 Å². The summed E-state index contributed by atoms with van der Waals surface area (Å²) in [7, 11) is 2.25. The van der Waals surface area contributed by atoms with E-state index < -0.39 is 0 Å². The van der Waals surface area contributed by atoms with Crippen LogP contribution >= 0.6 is 11.3 Å². The van der Waals surface area contributed by atoms with Crippen molar-refractivity contribution in [2.45, 2.75) is 32.2 Å². The van der Waals surface area contributed by atoms with Gasteiger partial charge in [0.15, 0.2) is 0 Å². The summed E-state index contributed by atoms with van der Waals surface area (Å²) >= 11 is 1.86. The molecule has 17 heavy (non-hydrogen) atoms. The molecule has 3 heteroatoms. The molecule has 2 nitrogen and oxygen atoms in total. The van der Waals surface area contributed by atoms with Gasteiger partial charge in [0.05, 0.1) is 0 Å². The number of rotatable bonds is 5. The zero-order valence-electron chi connectivity index (χ0n) is 10.9. The molecule has 0 radical (unpaired) electrons. The van der Waals surface area contributed by atoms with Crippen LogP contribution in [0.25, 0.3) is 0 Å². The van der Waals surface area contributed by atoms with Crippen LogP contribution < -0.4 is 5.73 Å². The van der Waals surface area contributed by atoms with Crippen molar-refractivity contribution in [3.63, 3.8) is 0 Å². The Hall–Kier alpha value is -0.380. The summed E-state index contributed by atoms with van der Waals surface area (Å²) in [4.78, 5) is 3.96. The molecule has 1 aliphatic carbocycles. The van der Waals surface area contributed by atoms with Gasteiger partial charge in [0.2, 0.25) is 0 Å². The Labute approximate surface area is 109 Å². The number of hydrogen-bond donors (Lipinski definition) is 1. The van der Waals surface area contributed by atoms with Gasteiger partial charge in [-0.25, -0.2) is 0 Å². The molecule has 2 N–H and O–H groups in total. The Morgan fingerprint density at radius 2 is 2.24 bits per heavy atom. The molecule has 0 saturated heterocycles. The van der Waals surface area contributed by atoms with Gasteiger partial charge in [-0.15, -0.1) is 11.3 Å². The Bertz CT molecular complexity index is 323. The molecule has 1 heterocycles. The predicted molar refractivity (Wildman–Crippen MR) is 75.2 cm³/mol. The third-order valence-electron chi connectivity index (χ3n) is 4.26. The third kappa shape index (κ3) is 3.09. The first-order chi connectivity index (χ1) is 8.22. The van der Waals surface area contributed by atoms with Gasteiger partial charge in [0, 0.05) is 17.5 Å². The molecular formula is C14H24N2S. The van der Waals surface area contributed by atoms with Gasteiger partial charge < -0.3 is 5.73 Å². The van der Waals surface area contributed by atoms with Crippen LogP contribution in [0.15, 0.2) is 17.5 Å². The van der Waals surface area contributed by atoms with E-state index in [1.165, 1.54) is 30.7 Å². The lowest BCUT2D eigenvalue weighted by molar-refractivity contribution is 0.199. The first-order valence-electron chi connectivity index (χ1n) is 6.66. The predicted octanol–water partition coefficient (Wildman–Crippen LogP) is 3.12. The molecule has 3 atom stereocenters. The fourth-order valence-corrected chi connectivity index (χ4v) is 3.79. The molecular weight excluding hydrogens is 228 g/mol. The monoisotopic (exact) mass is 252 g/mol. The number of hydrogen-bond acceptors (Lipinski definition) is 3. The second kappa shape index (κ2) is 5.98. The van der Waals surface area contributed by atoms with Crippen LogP contribution in [0.2, 0.25) is 0 Å². The highest BCUT2D eigenvalue weighted by Gasteiger charge is 2.28. The van der Waals surface area contributed by atoms with Crippen molar-refractivity contribution in [2.75, 3.05) is 20.1 Å². The van der Waals surface area contributed by atoms with Crippen molar-refractivity contribution in [1.29, 1.82) is 0 Å². The average molecular weight is 252 g/mol. The van der Waals surface area contributed by atoms with Crippen LogP contribution in [0.3, 0.4) is 0 Å². The van der Waals surface area contributed by atoms with E-state index in [0.29, 0.717) is 6.04 Å². The highest BCUT2D eigenvalue weighted by atomic mass is 32.1. The minimum atomic E-state index is 0.536. The smallest absolute Gasteiger partial charge is 0.0410 e. The molecule has 0 aliphatic heterocycles. The normalized spacial score (nSPS) is 26.6. The molecule has 1 saturated carbocycles. The van der Waals surface area contributed by atoms with Gasteiger partial charge in [-0.2, -0.15) is 0 Å². The summed E-state index contributed by atoms with van der Waals surface area (Å²) in [5.74, 6) is 1.57. The highest BCUT2D eigenvalue weighted by Crippen LogP contribution is 2.33. The SMILES string of the molecule is CC(c1cccs1)N(C)CC1CCCC1CN. The van der Waals surface area contributed by atoms with Crippen molar-refractivity contribution in [3.8, 4) is 0 Å². The van der Waals surface area contributed by atoms with Gasteiger partial charge in [-0.1, -0.05) is 12.5 Å². The first-order valence-corrected chi connectivity index (χ1v) is 7.54. The van der Waals surface area contributed by atoms with E-state index in [0.717, 1.165) is 18.4 Å². The van der Waals surface area contributed by atoms with Crippen molar-refractivity contribution in [2.24, 2.45) is 17.6 Å². The van der Waals surface area contributed by atoms with Gasteiger partial charge >= 0.3 is 0 Å². The van der Waals surface area contributed by atoms with Gasteiger partial charge in [-0.05, 0) is 56.6 Å². The summed E-state index contributed by atoms with van der Waals surface area (Å²) in [6, 6.07) is 4.91. The van der Waals surface area contributed by atoms with Crippen molar-refractivity contribution in [3.05, 3.63) is 22.4 Å². The lowest BCUT2D eigenvalue weighted by Crippen LogP contribution is -2.32. The summed E-state index contributed by atoms with van der Waals surface area (Å²) < 4.78 is 0. The lowest BCUT2D eigenvalue weighted by Gasteiger charge is -2.29. The van der Waals surface area contributed by atoms with Crippen LogP contribution in [-0.4, -0.2) is 25.0 Å². The molecule has 0 amide bonds. The zero-order valence-corrected chi connectivity index (χ0v) is 11.7. The molecule has 2 rings (SSSR count). The maximum absolute atomic E-state index is 5.85. The first kappa shape index (κ1) is 13.1. The van der Waals surface area contributed by atoms with E-state index in [1.807, 2.05) is 11.3 Å². The van der Waals surface area contributed by atoms with E-state index >= 15 is 0 Å². The van der Waals surface area contributed by atoms with Crippen molar-refractivity contribution >= 4 is 11.3 Å². The van der Waals surface area contributed by atoms with E-state index in [9.17, 15) is 0 Å². The van der Waals surface area contributed by atoms with Gasteiger partial charge in [-0.3, -0.25) is 4.90 Å². The second-order valence-corrected chi connectivity index (χ2v) is 6.30. The molecule has 1 fully saturated rings. The maximum atomic E-state index is 5.85. The quantitative estimate of drug-likeness (QED) is 0.872. The molecule has 3 unspecified atom stereocenters. The molecule has 0 aromatic carbocycles. The topological polar surface area (TPSA) is 29.3 Å². The van der Waals surface area contributed by atoms with Gasteiger partial charge in [0.25, 0.3) is 0 Å².